The van der Waals surface area contributed by atoms with Gasteiger partial charge in [-0.25, -0.2) is 84.4 Å². The van der Waals surface area contributed by atoms with E-state index in [1.54, 1.807) is 122 Å². The molecule has 0 fully saturated rings. The third-order valence-electron chi connectivity index (χ3n) is 18.6. The van der Waals surface area contributed by atoms with E-state index in [0.29, 0.717) is 112 Å². The van der Waals surface area contributed by atoms with Crippen molar-refractivity contribution < 1.29 is 128 Å². The molecule has 11 aromatic heterocycles. The molecular formula is C98H88Br9ClF5LiN15O18S+. The standard InChI is InChI=1S/3C16H12BrFN2O2.C15H11BrFN3O2.C10H8BrFO3.2C6H7BrN2.C5H5BrN2.C5H9Br.CH3ClO2S.2CO2.Li.H2O/c3*1-9-7-13-19-14(10-3-5-11(18)6-4-10)15(16(21)22-2)20(13)8-12(9)17;1-22-15(21)14-13(8-2-4-9(17)5-3-8)19-12-6-11(18)10(16)7-20(12)14;1-15-10(14)8(11)9(13)6-2-4-7(12)5-3-6;2*1-4-2-6(8)9-3-5(4)7;6-4-1-2-5(7)8-3-4;1-2-3-4-5-6;1-5(2,3)4;2*2-1-3;;/h3*3-8H,1-2H3;2-7H,18H2,1H3;2-5,8H,1H3;2*2-3H,1H3,(H2,8,9);1-3H,(H2,7,8);2H,1,3-5H2;1H3;;;;1H2/q;;;;;;;;;;;;+1;. The Hall–Kier alpha value is -12.2. The summed E-state index contributed by atoms with van der Waals surface area (Å²) in [5.74, 6) is -3.31. The molecule has 16 aromatic rings. The van der Waals surface area contributed by atoms with E-state index in [2.05, 4.69) is 200 Å². The second kappa shape index (κ2) is 64.3. The van der Waals surface area contributed by atoms with E-state index in [-0.39, 0.29) is 72.6 Å². The zero-order valence-electron chi connectivity index (χ0n) is 80.9. The van der Waals surface area contributed by atoms with Crippen molar-refractivity contribution in [3.63, 3.8) is 0 Å². The summed E-state index contributed by atoms with van der Waals surface area (Å²) < 4.78 is 120. The smallest absolute Gasteiger partial charge is 0.870 e. The summed E-state index contributed by atoms with van der Waals surface area (Å²) in [7, 11) is 7.75. The number of unbranched alkanes of at least 4 members (excludes halogenated alkanes) is 1. The van der Waals surface area contributed by atoms with Gasteiger partial charge in [0.1, 0.15) is 91.9 Å². The number of rotatable bonds is 14. The Morgan fingerprint density at radius 2 is 0.682 bits per heavy atom. The van der Waals surface area contributed by atoms with E-state index in [0.717, 1.165) is 84.8 Å². The monoisotopic (exact) mass is 2640 g/mol. The molecule has 0 radical (unpaired) electrons. The van der Waals surface area contributed by atoms with Gasteiger partial charge in [-0.1, -0.05) is 37.9 Å². The first kappa shape index (κ1) is 130. The minimum absolute atomic E-state index is 0. The molecule has 0 aliphatic heterocycles. The molecule has 1 unspecified atom stereocenters. The summed E-state index contributed by atoms with van der Waals surface area (Å²) in [6, 6.07) is 42.7. The molecule has 11 heterocycles. The van der Waals surface area contributed by atoms with E-state index in [1.807, 2.05) is 77.1 Å². The molecule has 0 spiro atoms. The zero-order valence-corrected chi connectivity index (χ0v) is 95.7. The normalized spacial score (nSPS) is 10.2. The van der Waals surface area contributed by atoms with E-state index >= 15 is 0 Å². The second-order valence-electron chi connectivity index (χ2n) is 29.0. The fourth-order valence-corrected chi connectivity index (χ4v) is 14.4. The molecule has 16 rings (SSSR count). The minimum atomic E-state index is -3.19. The van der Waals surface area contributed by atoms with Gasteiger partial charge < -0.3 is 52.1 Å². The van der Waals surface area contributed by atoms with Gasteiger partial charge in [-0.05, 0) is 351 Å². The number of allylic oxidation sites excluding steroid dienone is 1. The molecule has 0 bridgehead atoms. The number of esters is 5. The number of hydrogen-bond acceptors (Lipinski definition) is 29. The number of nitrogens with two attached hydrogens (primary N) is 4. The molecule has 0 saturated carbocycles. The number of ether oxygens (including phenoxy) is 5. The molecule has 0 aliphatic carbocycles. The van der Waals surface area contributed by atoms with Crippen LogP contribution in [0.3, 0.4) is 0 Å². The van der Waals surface area contributed by atoms with Crippen molar-refractivity contribution in [1.82, 2.24) is 52.5 Å². The van der Waals surface area contributed by atoms with Crippen LogP contribution in [0.4, 0.5) is 45.1 Å². The summed E-state index contributed by atoms with van der Waals surface area (Å²) in [6.07, 6.45) is 17.7. The van der Waals surface area contributed by atoms with Gasteiger partial charge in [-0.3, -0.25) is 27.2 Å². The largest absolute Gasteiger partial charge is 1.00 e. The van der Waals surface area contributed by atoms with Crippen LogP contribution in [0.1, 0.15) is 94.4 Å². The Kier molecular flexibility index (Phi) is 56.4. The van der Waals surface area contributed by atoms with Crippen LogP contribution in [-0.2, 0) is 56.7 Å². The van der Waals surface area contributed by atoms with Gasteiger partial charge in [-0.15, -0.1) is 6.58 Å². The van der Waals surface area contributed by atoms with Crippen molar-refractivity contribution in [3.05, 3.63) is 342 Å². The zero-order chi connectivity index (χ0) is 109. The number of aryl methyl sites for hydroxylation is 5. The van der Waals surface area contributed by atoms with Crippen LogP contribution < -0.4 is 41.8 Å². The molecule has 9 N–H and O–H groups in total. The summed E-state index contributed by atoms with van der Waals surface area (Å²) in [6.45, 7) is 13.3. The first-order valence-corrected chi connectivity index (χ1v) is 51.4. The predicted molar refractivity (Wildman–Crippen MR) is 578 cm³/mol. The van der Waals surface area contributed by atoms with Crippen LogP contribution in [0, 0.1) is 63.7 Å². The Bertz CT molecular complexity index is 6790. The van der Waals surface area contributed by atoms with Crippen molar-refractivity contribution in [3.8, 4) is 45.0 Å². The first-order valence-electron chi connectivity index (χ1n) is 41.1. The molecule has 50 heteroatoms. The van der Waals surface area contributed by atoms with Crippen LogP contribution in [0.15, 0.2) is 257 Å². The van der Waals surface area contributed by atoms with Gasteiger partial charge in [-0.2, -0.15) is 19.2 Å². The van der Waals surface area contributed by atoms with Crippen LogP contribution in [0.25, 0.3) is 67.6 Å². The number of nitrogens with zero attached hydrogens (tertiary/aromatic N) is 11. The number of nitrogen functional groups attached to an aromatic ring is 4. The summed E-state index contributed by atoms with van der Waals surface area (Å²) in [5.41, 5.74) is 35.8. The van der Waals surface area contributed by atoms with Crippen molar-refractivity contribution >= 4 is 257 Å². The minimum Gasteiger partial charge on any atom is -0.870 e. The Morgan fingerprint density at radius 1 is 0.426 bits per heavy atom. The van der Waals surface area contributed by atoms with E-state index < -0.39 is 55.3 Å². The number of anilines is 4. The number of alkyl halides is 2. The SMILES string of the molecule is C=CCCCBr.COC(=O)C(Br)C(=O)c1ccc(F)cc1.COC(=O)c1c(-c2ccc(F)cc2)nc2cc(C)c(Br)cn12.COC(=O)c1c(-c2ccc(F)cc2)nc2cc(C)c(Br)cn12.COC(=O)c1c(-c2ccc(F)cc2)nc2cc(C)c(Br)cn12.COC(=O)c1c(-c2ccc(F)cc2)nc2cc(N)c(Br)cn12.CS(=O)(=O)Cl.Cc1cc(N)ncc1Br.Cc1cc(N)ncc1Br.Nc1ccc(Br)cn1.O=C=O.O=C=O.[H+].[Li+].[OH-]. The number of methoxy groups -OCH3 is 5. The maximum atomic E-state index is 13.1. The van der Waals surface area contributed by atoms with E-state index in [9.17, 15) is 59.1 Å². The summed E-state index contributed by atoms with van der Waals surface area (Å²) in [5, 5.41) is 1.10. The molecule has 0 aliphatic rings. The molecule has 0 saturated heterocycles. The van der Waals surface area contributed by atoms with Crippen LogP contribution in [0.5, 0.6) is 0 Å². The number of carbonyl (C=O) groups excluding carboxylic acids is 10. The molecule has 148 heavy (non-hydrogen) atoms. The molecule has 1 atom stereocenters. The predicted octanol–water partition coefficient (Wildman–Crippen LogP) is 20.4. The fourth-order valence-electron chi connectivity index (χ4n) is 11.7. The number of halogens is 15. The third-order valence-corrected chi connectivity index (χ3v) is 25.3. The van der Waals surface area contributed by atoms with Crippen LogP contribution in [-0.4, -0.2) is 166 Å². The Balaban J connectivity index is 0.000000572. The summed E-state index contributed by atoms with van der Waals surface area (Å²) >= 11 is 29.7. The van der Waals surface area contributed by atoms with E-state index in [4.69, 9.17) is 61.1 Å². The topological polar surface area (TPSA) is 493 Å². The number of fused-ring (bicyclic) bond motifs is 4. The average molecular weight is 2650 g/mol. The third kappa shape index (κ3) is 40.0. The van der Waals surface area contributed by atoms with Crippen LogP contribution >= 0.6 is 154 Å². The van der Waals surface area contributed by atoms with Gasteiger partial charge >= 0.3 is 62.4 Å². The first-order chi connectivity index (χ1) is 69.0. The van der Waals surface area contributed by atoms with Crippen molar-refractivity contribution in [2.24, 2.45) is 0 Å². The van der Waals surface area contributed by atoms with E-state index in [1.165, 1.54) is 103 Å². The van der Waals surface area contributed by atoms with Gasteiger partial charge in [0.05, 0.1) is 52.0 Å². The molecule has 0 amide bonds. The number of carbonyl (C=O) groups is 6. The Morgan fingerprint density at radius 3 is 0.905 bits per heavy atom. The van der Waals surface area contributed by atoms with Gasteiger partial charge in [0.2, 0.25) is 9.05 Å². The number of imidazole rings is 4. The van der Waals surface area contributed by atoms with Crippen molar-refractivity contribution in [1.29, 1.82) is 0 Å². The van der Waals surface area contributed by atoms with Crippen molar-refractivity contribution in [2.45, 2.75) is 52.3 Å². The van der Waals surface area contributed by atoms with Gasteiger partial charge in [0.15, 0.2) is 33.4 Å². The number of pyridine rings is 7. The summed E-state index contributed by atoms with van der Waals surface area (Å²) in [4.78, 5) is 132. The number of hydrogen-bond donors (Lipinski definition) is 4. The average Bonchev–Trinajstić information content (AvgIpc) is 1.63. The number of ketones is 1. The maximum Gasteiger partial charge on any atom is 1.00 e. The molecular weight excluding hydrogens is 2560 g/mol. The Labute approximate surface area is 937 Å². The maximum absolute atomic E-state index is 13.1. The quantitative estimate of drug-likeness (QED) is 0.00750. The number of benzene rings is 5. The second-order valence-corrected chi connectivity index (χ2v) is 39.8. The molecule has 5 aromatic carbocycles. The van der Waals surface area contributed by atoms with Crippen LogP contribution in [0.2, 0.25) is 0 Å². The van der Waals surface area contributed by atoms with Gasteiger partial charge in [0.25, 0.3) is 0 Å². The number of Topliss-reactive ketones (excluding diaryl/α,β-unsaturated/α-hetero) is 1. The van der Waals surface area contributed by atoms with Crippen molar-refractivity contribution in [2.75, 3.05) is 70.1 Å². The van der Waals surface area contributed by atoms with Gasteiger partial charge in [0, 0.05) is 120 Å². The molecule has 774 valence electrons. The molecule has 33 nitrogen and oxygen atoms in total. The number of aromatic nitrogens is 11. The fraction of sp³-hybridized carbons (Fsp3) is 0.153.